The van der Waals surface area contributed by atoms with Gasteiger partial charge >= 0.3 is 5.97 Å². The van der Waals surface area contributed by atoms with Crippen LogP contribution in [-0.4, -0.2) is 52.8 Å². The molecule has 9 heteroatoms. The van der Waals surface area contributed by atoms with Gasteiger partial charge in [0.05, 0.1) is 19.4 Å². The van der Waals surface area contributed by atoms with Crippen LogP contribution in [0.15, 0.2) is 35.5 Å². The summed E-state index contributed by atoms with van der Waals surface area (Å²) in [6.45, 7) is 4.50. The molecule has 0 radical (unpaired) electrons. The van der Waals surface area contributed by atoms with Crippen LogP contribution in [0.5, 0.6) is 5.75 Å². The minimum absolute atomic E-state index is 0.106. The van der Waals surface area contributed by atoms with E-state index in [9.17, 15) is 14.3 Å². The zero-order valence-corrected chi connectivity index (χ0v) is 19.3. The number of benzene rings is 2. The van der Waals surface area contributed by atoms with E-state index in [4.69, 9.17) is 5.21 Å². The molecule has 1 aliphatic heterocycles. The number of nitrogens with zero attached hydrogens (tertiary/aromatic N) is 2. The Hall–Kier alpha value is -3.33. The number of carbonyl (C=O) groups is 1. The third-order valence-electron chi connectivity index (χ3n) is 5.74. The second kappa shape index (κ2) is 9.89. The average Bonchev–Trinajstić information content (AvgIpc) is 2.74. The van der Waals surface area contributed by atoms with Gasteiger partial charge in [-0.05, 0) is 74.2 Å². The lowest BCUT2D eigenvalue weighted by Gasteiger charge is -2.44. The Kier molecular flexibility index (Phi) is 7.35. The largest absolute Gasteiger partial charge is 0.507 e. The Balaban J connectivity index is 2.22. The number of fused-ring (bicyclic) bond motifs is 1. The van der Waals surface area contributed by atoms with Gasteiger partial charge in [-0.15, -0.1) is 0 Å². The van der Waals surface area contributed by atoms with E-state index in [1.54, 1.807) is 4.90 Å². The van der Waals surface area contributed by atoms with Crippen molar-refractivity contribution in [2.45, 2.75) is 44.9 Å². The molecule has 2 aromatic rings. The molecule has 0 aliphatic carbocycles. The van der Waals surface area contributed by atoms with Gasteiger partial charge in [0.25, 0.3) is 0 Å². The topological polar surface area (TPSA) is 82.4 Å². The quantitative estimate of drug-likeness (QED) is 0.207. The van der Waals surface area contributed by atoms with Crippen molar-refractivity contribution in [1.29, 1.82) is 0 Å². The maximum Gasteiger partial charge on any atom is 0.330 e. The fraction of sp³-hybridized carbons (Fsp3) is 0.360. The summed E-state index contributed by atoms with van der Waals surface area (Å²) in [5, 5.41) is 22.2. The SMILES string of the molecule is COC(=O)/C=C/c1cc(F)c(C2c3cc(/C=N/O)c(O)cc3CC(C)N2CC(C)(C)F)c(F)c1. The summed E-state index contributed by atoms with van der Waals surface area (Å²) in [5.74, 6) is -2.57. The number of aromatic hydroxyl groups is 1. The van der Waals surface area contributed by atoms with Gasteiger partial charge < -0.3 is 15.1 Å². The molecule has 2 atom stereocenters. The molecule has 6 nitrogen and oxygen atoms in total. The van der Waals surface area contributed by atoms with Crippen LogP contribution in [0.25, 0.3) is 6.08 Å². The van der Waals surface area contributed by atoms with Crippen LogP contribution in [0, 0.1) is 11.6 Å². The highest BCUT2D eigenvalue weighted by Gasteiger charge is 2.39. The first kappa shape index (κ1) is 25.3. The monoisotopic (exact) mass is 476 g/mol. The summed E-state index contributed by atoms with van der Waals surface area (Å²) in [6, 6.07) is 3.82. The second-order valence-corrected chi connectivity index (χ2v) is 8.96. The first-order chi connectivity index (χ1) is 15.9. The molecule has 0 bridgehead atoms. The molecule has 1 aliphatic rings. The van der Waals surface area contributed by atoms with Crippen molar-refractivity contribution >= 4 is 18.3 Å². The average molecular weight is 476 g/mol. The third kappa shape index (κ3) is 5.41. The lowest BCUT2D eigenvalue weighted by Crippen LogP contribution is -2.48. The van der Waals surface area contributed by atoms with Crippen LogP contribution in [0.2, 0.25) is 0 Å². The standard InChI is InChI=1S/C25H27F3N2O4/c1-14-7-16-11-21(31)17(12-29-33)10-18(16)24(30(14)13-25(2,3)28)23-19(26)8-15(9-20(23)27)5-6-22(32)34-4/h5-6,8-12,14,24,31,33H,7,13H2,1-4H3/b6-5+,29-12+. The van der Waals surface area contributed by atoms with E-state index < -0.39 is 29.3 Å². The van der Waals surface area contributed by atoms with Gasteiger partial charge in [0.1, 0.15) is 23.1 Å². The van der Waals surface area contributed by atoms with Gasteiger partial charge in [-0.2, -0.15) is 0 Å². The first-order valence-corrected chi connectivity index (χ1v) is 10.7. The van der Waals surface area contributed by atoms with E-state index >= 15 is 8.78 Å². The summed E-state index contributed by atoms with van der Waals surface area (Å²) in [7, 11) is 1.19. The van der Waals surface area contributed by atoms with Gasteiger partial charge in [-0.3, -0.25) is 4.90 Å². The Labute approximate surface area is 196 Å². The molecule has 2 N–H and O–H groups in total. The zero-order valence-electron chi connectivity index (χ0n) is 19.3. The van der Waals surface area contributed by atoms with Gasteiger partial charge in [-0.25, -0.2) is 18.0 Å². The van der Waals surface area contributed by atoms with Crippen LogP contribution in [0.4, 0.5) is 13.2 Å². The van der Waals surface area contributed by atoms with Crippen molar-refractivity contribution in [3.8, 4) is 5.75 Å². The second-order valence-electron chi connectivity index (χ2n) is 8.96. The molecular formula is C25H27F3N2O4. The molecule has 3 rings (SSSR count). The molecule has 182 valence electrons. The number of oxime groups is 1. The number of halogens is 3. The van der Waals surface area contributed by atoms with Crippen molar-refractivity contribution < 1.29 is 33.0 Å². The molecule has 0 amide bonds. The third-order valence-corrected chi connectivity index (χ3v) is 5.74. The van der Waals surface area contributed by atoms with E-state index in [0.29, 0.717) is 17.5 Å². The number of ether oxygens (including phenoxy) is 1. The Bertz CT molecular complexity index is 1120. The number of carbonyl (C=O) groups excluding carboxylic acids is 1. The summed E-state index contributed by atoms with van der Waals surface area (Å²) >= 11 is 0. The first-order valence-electron chi connectivity index (χ1n) is 10.7. The number of methoxy groups -OCH3 is 1. The molecule has 0 aromatic heterocycles. The highest BCUT2D eigenvalue weighted by Crippen LogP contribution is 2.43. The minimum atomic E-state index is -1.66. The summed E-state index contributed by atoms with van der Waals surface area (Å²) in [6.07, 6.45) is 3.71. The van der Waals surface area contributed by atoms with Crippen molar-refractivity contribution in [2.24, 2.45) is 5.16 Å². The van der Waals surface area contributed by atoms with Crippen molar-refractivity contribution in [3.05, 3.63) is 69.8 Å². The normalized spacial score (nSPS) is 19.0. The maximum atomic E-state index is 15.4. The van der Waals surface area contributed by atoms with Crippen LogP contribution >= 0.6 is 0 Å². The van der Waals surface area contributed by atoms with E-state index in [-0.39, 0.29) is 35.0 Å². The predicted octanol–water partition coefficient (Wildman–Crippen LogP) is 4.75. The molecule has 34 heavy (non-hydrogen) atoms. The lowest BCUT2D eigenvalue weighted by atomic mass is 9.82. The van der Waals surface area contributed by atoms with Gasteiger partial charge in [0.15, 0.2) is 0 Å². The summed E-state index contributed by atoms with van der Waals surface area (Å²) < 4.78 is 50.1. The van der Waals surface area contributed by atoms with Crippen molar-refractivity contribution in [3.63, 3.8) is 0 Å². The number of alkyl halides is 1. The summed E-state index contributed by atoms with van der Waals surface area (Å²) in [4.78, 5) is 13.0. The predicted molar refractivity (Wildman–Crippen MR) is 122 cm³/mol. The number of hydrogen-bond acceptors (Lipinski definition) is 6. The maximum absolute atomic E-state index is 15.4. The smallest absolute Gasteiger partial charge is 0.330 e. The molecule has 0 saturated heterocycles. The van der Waals surface area contributed by atoms with Gasteiger partial charge in [0, 0.05) is 29.8 Å². The highest BCUT2D eigenvalue weighted by molar-refractivity contribution is 5.87. The molecule has 2 aromatic carbocycles. The Morgan fingerprint density at radius 1 is 1.26 bits per heavy atom. The molecule has 0 saturated carbocycles. The van der Waals surface area contributed by atoms with Crippen LogP contribution in [0.1, 0.15) is 54.6 Å². The van der Waals surface area contributed by atoms with Gasteiger partial charge in [-0.1, -0.05) is 5.16 Å². The molecule has 1 heterocycles. The molecular weight excluding hydrogens is 449 g/mol. The summed E-state index contributed by atoms with van der Waals surface area (Å²) in [5.41, 5.74) is -0.572. The molecule has 2 unspecified atom stereocenters. The van der Waals surface area contributed by atoms with Crippen molar-refractivity contribution in [2.75, 3.05) is 13.7 Å². The van der Waals surface area contributed by atoms with Crippen LogP contribution in [0.3, 0.4) is 0 Å². The van der Waals surface area contributed by atoms with Crippen molar-refractivity contribution in [1.82, 2.24) is 4.90 Å². The molecule has 0 fully saturated rings. The van der Waals surface area contributed by atoms with E-state index in [1.807, 2.05) is 6.92 Å². The van der Waals surface area contributed by atoms with Crippen LogP contribution < -0.4 is 0 Å². The number of phenols is 1. The minimum Gasteiger partial charge on any atom is -0.507 e. The fourth-order valence-electron chi connectivity index (χ4n) is 4.33. The fourth-order valence-corrected chi connectivity index (χ4v) is 4.33. The highest BCUT2D eigenvalue weighted by atomic mass is 19.1. The zero-order chi connectivity index (χ0) is 25.2. The lowest BCUT2D eigenvalue weighted by molar-refractivity contribution is -0.134. The number of phenolic OH excluding ortho intramolecular Hbond substituents is 1. The van der Waals surface area contributed by atoms with E-state index in [2.05, 4.69) is 9.89 Å². The number of hydrogen-bond donors (Lipinski definition) is 2. The molecule has 0 spiro atoms. The van der Waals surface area contributed by atoms with Gasteiger partial charge in [0.2, 0.25) is 0 Å². The number of rotatable bonds is 6. The van der Waals surface area contributed by atoms with E-state index in [0.717, 1.165) is 24.4 Å². The van der Waals surface area contributed by atoms with Crippen LogP contribution in [-0.2, 0) is 16.0 Å². The Morgan fingerprint density at radius 3 is 2.47 bits per heavy atom. The Morgan fingerprint density at radius 2 is 1.91 bits per heavy atom. The van der Waals surface area contributed by atoms with E-state index in [1.165, 1.54) is 39.2 Å². The number of esters is 1.